The maximum atomic E-state index is 12.3. The zero-order valence-corrected chi connectivity index (χ0v) is 16.7. The van der Waals surface area contributed by atoms with Crippen molar-refractivity contribution >= 4 is 5.78 Å². The van der Waals surface area contributed by atoms with E-state index < -0.39 is 16.7 Å². The zero-order valence-electron chi connectivity index (χ0n) is 16.7. The summed E-state index contributed by atoms with van der Waals surface area (Å²) in [5.41, 5.74) is 0.286. The van der Waals surface area contributed by atoms with E-state index in [1.807, 2.05) is 0 Å². The molecule has 5 nitrogen and oxygen atoms in total. The van der Waals surface area contributed by atoms with E-state index in [0.717, 1.165) is 12.8 Å². The number of carbonyl (C=O) groups is 1. The van der Waals surface area contributed by atoms with Crippen LogP contribution in [0.1, 0.15) is 101 Å². The van der Waals surface area contributed by atoms with E-state index in [2.05, 4.69) is 6.92 Å². The lowest BCUT2D eigenvalue weighted by Gasteiger charge is -2.09. The first-order chi connectivity index (χ1) is 13.1. The first-order valence-electron chi connectivity index (χ1n) is 10.5. The topological polar surface area (TPSA) is 80.4 Å². The summed E-state index contributed by atoms with van der Waals surface area (Å²) in [5, 5.41) is 20.5. The van der Waals surface area contributed by atoms with E-state index in [9.17, 15) is 20.0 Å². The largest absolute Gasteiger partial charge is 0.508 e. The van der Waals surface area contributed by atoms with E-state index in [4.69, 9.17) is 0 Å². The molecule has 5 heteroatoms. The van der Waals surface area contributed by atoms with Crippen LogP contribution in [0.2, 0.25) is 0 Å². The number of carbonyl (C=O) groups excluding carboxylic acids is 1. The van der Waals surface area contributed by atoms with Crippen LogP contribution in [0.3, 0.4) is 0 Å². The van der Waals surface area contributed by atoms with Gasteiger partial charge in [-0.15, -0.1) is 0 Å². The standard InChI is InChI=1S/C22H35NO4/c1-2-3-4-5-6-7-8-9-10-11-12-13-14-21(23(26)27)22(25)19-15-17-20(24)18-16-19/h15-18,21,24H,2-14H2,1H3. The molecular formula is C22H35NO4. The zero-order chi connectivity index (χ0) is 19.9. The van der Waals surface area contributed by atoms with Crippen molar-refractivity contribution in [2.45, 2.75) is 96.4 Å². The fourth-order valence-corrected chi connectivity index (χ4v) is 3.33. The molecule has 0 spiro atoms. The molecule has 1 N–H and O–H groups in total. The molecule has 0 saturated carbocycles. The number of phenolic OH excluding ortho intramolecular Hbond substituents is 1. The molecule has 1 aromatic carbocycles. The number of hydrogen-bond donors (Lipinski definition) is 1. The summed E-state index contributed by atoms with van der Waals surface area (Å²) in [4.78, 5) is 23.1. The van der Waals surface area contributed by atoms with Crippen molar-refractivity contribution < 1.29 is 14.8 Å². The van der Waals surface area contributed by atoms with Gasteiger partial charge in [0, 0.05) is 16.9 Å². The molecule has 0 heterocycles. The number of Topliss-reactive ketones (excluding diaryl/α,β-unsaturated/α-hetero) is 1. The highest BCUT2D eigenvalue weighted by molar-refractivity contribution is 5.99. The molecule has 0 aromatic heterocycles. The molecule has 0 aliphatic heterocycles. The summed E-state index contributed by atoms with van der Waals surface area (Å²) < 4.78 is 0. The van der Waals surface area contributed by atoms with Gasteiger partial charge in [0.1, 0.15) is 5.75 Å². The van der Waals surface area contributed by atoms with Gasteiger partial charge in [0.05, 0.1) is 0 Å². The van der Waals surface area contributed by atoms with Crippen molar-refractivity contribution in [2.24, 2.45) is 0 Å². The predicted molar refractivity (Wildman–Crippen MR) is 109 cm³/mol. The second kappa shape index (κ2) is 14.2. The van der Waals surface area contributed by atoms with Crippen LogP contribution in [0.15, 0.2) is 24.3 Å². The van der Waals surface area contributed by atoms with Crippen LogP contribution in [0.4, 0.5) is 0 Å². The Bertz CT molecular complexity index is 542. The molecule has 0 aliphatic rings. The first kappa shape index (κ1) is 23.1. The molecule has 0 radical (unpaired) electrons. The molecule has 27 heavy (non-hydrogen) atoms. The molecule has 0 amide bonds. The van der Waals surface area contributed by atoms with Gasteiger partial charge in [0.25, 0.3) is 6.04 Å². The molecule has 0 bridgehead atoms. The van der Waals surface area contributed by atoms with Crippen LogP contribution < -0.4 is 0 Å². The van der Waals surface area contributed by atoms with E-state index >= 15 is 0 Å². The van der Waals surface area contributed by atoms with Crippen molar-refractivity contribution in [1.29, 1.82) is 0 Å². The molecule has 0 aliphatic carbocycles. The third-order valence-electron chi connectivity index (χ3n) is 5.04. The fraction of sp³-hybridized carbons (Fsp3) is 0.682. The maximum Gasteiger partial charge on any atom is 0.274 e. The van der Waals surface area contributed by atoms with Gasteiger partial charge in [0.2, 0.25) is 5.78 Å². The number of ketones is 1. The molecular weight excluding hydrogens is 342 g/mol. The van der Waals surface area contributed by atoms with Crippen LogP contribution in [0.5, 0.6) is 5.75 Å². The lowest BCUT2D eigenvalue weighted by Crippen LogP contribution is -2.29. The van der Waals surface area contributed by atoms with Crippen molar-refractivity contribution in [2.75, 3.05) is 0 Å². The van der Waals surface area contributed by atoms with Gasteiger partial charge in [-0.2, -0.15) is 0 Å². The number of phenols is 1. The normalized spacial score (nSPS) is 12.0. The third-order valence-corrected chi connectivity index (χ3v) is 5.04. The van der Waals surface area contributed by atoms with Gasteiger partial charge in [-0.1, -0.05) is 77.6 Å². The molecule has 1 atom stereocenters. The Balaban J connectivity index is 2.14. The Labute approximate surface area is 163 Å². The lowest BCUT2D eigenvalue weighted by atomic mass is 9.98. The summed E-state index contributed by atoms with van der Waals surface area (Å²) in [7, 11) is 0. The molecule has 152 valence electrons. The van der Waals surface area contributed by atoms with Crippen LogP contribution in [-0.4, -0.2) is 21.9 Å². The van der Waals surface area contributed by atoms with Crippen LogP contribution in [0, 0.1) is 10.1 Å². The lowest BCUT2D eigenvalue weighted by molar-refractivity contribution is -0.506. The fourth-order valence-electron chi connectivity index (χ4n) is 3.33. The monoisotopic (exact) mass is 377 g/mol. The minimum Gasteiger partial charge on any atom is -0.508 e. The van der Waals surface area contributed by atoms with Gasteiger partial charge in [0.15, 0.2) is 0 Å². The third kappa shape index (κ3) is 10.1. The van der Waals surface area contributed by atoms with E-state index in [1.165, 1.54) is 82.1 Å². The van der Waals surface area contributed by atoms with Gasteiger partial charge >= 0.3 is 0 Å². The summed E-state index contributed by atoms with van der Waals surface area (Å²) in [6.07, 6.45) is 14.7. The molecule has 1 unspecified atom stereocenters. The Morgan fingerprint density at radius 2 is 1.33 bits per heavy atom. The van der Waals surface area contributed by atoms with Gasteiger partial charge in [-0.3, -0.25) is 14.9 Å². The van der Waals surface area contributed by atoms with Gasteiger partial charge in [-0.25, -0.2) is 0 Å². The minimum atomic E-state index is -1.18. The highest BCUT2D eigenvalue weighted by Crippen LogP contribution is 2.17. The Morgan fingerprint density at radius 3 is 1.78 bits per heavy atom. The quantitative estimate of drug-likeness (QED) is 0.158. The summed E-state index contributed by atoms with van der Waals surface area (Å²) in [6, 6.07) is 4.47. The van der Waals surface area contributed by atoms with Crippen LogP contribution in [-0.2, 0) is 0 Å². The predicted octanol–water partition coefficient (Wildman–Crippen LogP) is 6.31. The van der Waals surface area contributed by atoms with Crippen LogP contribution >= 0.6 is 0 Å². The number of nitro groups is 1. The van der Waals surface area contributed by atoms with Crippen molar-refractivity contribution in [3.05, 3.63) is 39.9 Å². The van der Waals surface area contributed by atoms with E-state index in [-0.39, 0.29) is 17.7 Å². The second-order valence-corrected chi connectivity index (χ2v) is 7.39. The average molecular weight is 378 g/mol. The molecule has 0 fully saturated rings. The van der Waals surface area contributed by atoms with E-state index in [1.54, 1.807) is 0 Å². The van der Waals surface area contributed by atoms with E-state index in [0.29, 0.717) is 6.42 Å². The molecule has 1 rings (SSSR count). The number of hydrogen-bond acceptors (Lipinski definition) is 4. The summed E-state index contributed by atoms with van der Waals surface area (Å²) in [5.74, 6) is -0.423. The van der Waals surface area contributed by atoms with Crippen molar-refractivity contribution in [3.63, 3.8) is 0 Å². The number of unbranched alkanes of at least 4 members (excludes halogenated alkanes) is 11. The minimum absolute atomic E-state index is 0.0464. The summed E-state index contributed by atoms with van der Waals surface area (Å²) in [6.45, 7) is 2.23. The second-order valence-electron chi connectivity index (χ2n) is 7.39. The number of rotatable bonds is 16. The van der Waals surface area contributed by atoms with Gasteiger partial charge in [-0.05, 0) is 30.7 Å². The Hall–Kier alpha value is -1.91. The van der Waals surface area contributed by atoms with Crippen molar-refractivity contribution in [3.8, 4) is 5.75 Å². The van der Waals surface area contributed by atoms with Gasteiger partial charge < -0.3 is 5.11 Å². The highest BCUT2D eigenvalue weighted by atomic mass is 16.6. The Morgan fingerprint density at radius 1 is 0.889 bits per heavy atom. The smallest absolute Gasteiger partial charge is 0.274 e. The Kier molecular flexibility index (Phi) is 12.2. The van der Waals surface area contributed by atoms with Crippen molar-refractivity contribution in [1.82, 2.24) is 0 Å². The maximum absolute atomic E-state index is 12.3. The molecule has 0 saturated heterocycles. The number of nitrogens with zero attached hydrogens (tertiary/aromatic N) is 1. The summed E-state index contributed by atoms with van der Waals surface area (Å²) >= 11 is 0. The average Bonchev–Trinajstić information content (AvgIpc) is 2.65. The molecule has 1 aromatic rings. The number of benzene rings is 1. The highest BCUT2D eigenvalue weighted by Gasteiger charge is 2.29. The SMILES string of the molecule is CCCCCCCCCCCCCCC(C(=O)c1ccc(O)cc1)[N+](=O)[O-]. The van der Waals surface area contributed by atoms with Crippen LogP contribution in [0.25, 0.3) is 0 Å². The number of aromatic hydroxyl groups is 1. The first-order valence-corrected chi connectivity index (χ1v) is 10.5.